The molecule has 0 atom stereocenters. The maximum absolute atomic E-state index is 10.9. The molecule has 1 saturated heterocycles. The van der Waals surface area contributed by atoms with E-state index in [2.05, 4.69) is 27.7 Å². The van der Waals surface area contributed by atoms with Crippen LogP contribution in [0.1, 0.15) is 38.2 Å². The van der Waals surface area contributed by atoms with Crippen LogP contribution in [-0.4, -0.2) is 37.0 Å². The number of anilines is 1. The zero-order valence-corrected chi connectivity index (χ0v) is 13.0. The Morgan fingerprint density at radius 2 is 1.86 bits per heavy atom. The molecule has 1 aromatic rings. The Kier molecular flexibility index (Phi) is 6.70. The van der Waals surface area contributed by atoms with E-state index in [-0.39, 0.29) is 5.91 Å². The Morgan fingerprint density at radius 1 is 1.14 bits per heavy atom. The number of piperidine rings is 1. The summed E-state index contributed by atoms with van der Waals surface area (Å²) in [6, 6.07) is 8.02. The summed E-state index contributed by atoms with van der Waals surface area (Å²) in [5.41, 5.74) is 2.11. The van der Waals surface area contributed by atoms with Crippen LogP contribution in [-0.2, 0) is 11.3 Å². The highest BCUT2D eigenvalue weighted by molar-refractivity contribution is 5.88. The third-order valence-corrected chi connectivity index (χ3v) is 3.88. The molecule has 0 saturated carbocycles. The van der Waals surface area contributed by atoms with Crippen molar-refractivity contribution in [3.63, 3.8) is 0 Å². The van der Waals surface area contributed by atoms with E-state index in [9.17, 15) is 4.79 Å². The van der Waals surface area contributed by atoms with E-state index in [4.69, 9.17) is 0 Å². The fourth-order valence-corrected chi connectivity index (χ4v) is 2.75. The normalized spacial score (nSPS) is 15.9. The highest BCUT2D eigenvalue weighted by Gasteiger charge is 2.08. The van der Waals surface area contributed by atoms with Crippen LogP contribution < -0.4 is 10.6 Å². The molecule has 0 unspecified atom stereocenters. The van der Waals surface area contributed by atoms with Gasteiger partial charge in [-0.3, -0.25) is 4.79 Å². The Labute approximate surface area is 127 Å². The van der Waals surface area contributed by atoms with Gasteiger partial charge < -0.3 is 15.5 Å². The number of nitrogens with one attached hydrogen (secondary N) is 2. The molecule has 1 aliphatic heterocycles. The first kappa shape index (κ1) is 16.0. The molecule has 0 radical (unpaired) electrons. The van der Waals surface area contributed by atoms with Gasteiger partial charge in [-0.1, -0.05) is 18.6 Å². The van der Waals surface area contributed by atoms with Gasteiger partial charge in [0.25, 0.3) is 0 Å². The Balaban J connectivity index is 1.58. The van der Waals surface area contributed by atoms with Gasteiger partial charge in [0.05, 0.1) is 0 Å². The van der Waals surface area contributed by atoms with Crippen molar-refractivity contribution in [1.82, 2.24) is 10.2 Å². The number of nitrogens with zero attached hydrogens (tertiary/aromatic N) is 1. The molecule has 1 heterocycles. The lowest BCUT2D eigenvalue weighted by molar-refractivity contribution is -0.114. The fraction of sp³-hybridized carbons (Fsp3) is 0.588. The minimum absolute atomic E-state index is 0.0291. The quantitative estimate of drug-likeness (QED) is 0.758. The molecule has 4 heteroatoms. The van der Waals surface area contributed by atoms with Gasteiger partial charge in [-0.05, 0) is 63.1 Å². The number of benzene rings is 1. The summed E-state index contributed by atoms with van der Waals surface area (Å²) in [7, 11) is 0. The third-order valence-electron chi connectivity index (χ3n) is 3.88. The smallest absolute Gasteiger partial charge is 0.221 e. The number of hydrogen-bond donors (Lipinski definition) is 2. The summed E-state index contributed by atoms with van der Waals surface area (Å²) < 4.78 is 0. The van der Waals surface area contributed by atoms with Gasteiger partial charge in [-0.2, -0.15) is 0 Å². The van der Waals surface area contributed by atoms with Crippen molar-refractivity contribution in [3.05, 3.63) is 29.8 Å². The highest BCUT2D eigenvalue weighted by atomic mass is 16.1. The maximum Gasteiger partial charge on any atom is 0.221 e. The molecule has 2 rings (SSSR count). The van der Waals surface area contributed by atoms with Crippen molar-refractivity contribution >= 4 is 11.6 Å². The second-order valence-electron chi connectivity index (χ2n) is 5.81. The number of hydrogen-bond acceptors (Lipinski definition) is 3. The number of carbonyl (C=O) groups is 1. The lowest BCUT2D eigenvalue weighted by atomic mass is 10.1. The summed E-state index contributed by atoms with van der Waals surface area (Å²) in [5, 5.41) is 6.27. The molecule has 0 aliphatic carbocycles. The first-order chi connectivity index (χ1) is 10.2. The molecule has 1 fully saturated rings. The molecular weight excluding hydrogens is 262 g/mol. The second-order valence-corrected chi connectivity index (χ2v) is 5.81. The van der Waals surface area contributed by atoms with E-state index < -0.39 is 0 Å². The van der Waals surface area contributed by atoms with E-state index in [1.807, 2.05) is 12.1 Å². The van der Waals surface area contributed by atoms with Crippen molar-refractivity contribution in [1.29, 1.82) is 0 Å². The monoisotopic (exact) mass is 289 g/mol. The molecule has 0 spiro atoms. The topological polar surface area (TPSA) is 44.4 Å². The highest BCUT2D eigenvalue weighted by Crippen LogP contribution is 2.10. The Bertz CT molecular complexity index is 424. The number of carbonyl (C=O) groups excluding carboxylic acids is 1. The number of rotatable bonds is 7. The number of likely N-dealkylation sites (tertiary alicyclic amines) is 1. The molecule has 0 bridgehead atoms. The van der Waals surface area contributed by atoms with Crippen LogP contribution in [0, 0.1) is 0 Å². The summed E-state index contributed by atoms with van der Waals surface area (Å²) in [6.07, 6.45) is 5.36. The van der Waals surface area contributed by atoms with E-state index >= 15 is 0 Å². The average Bonchev–Trinajstić information content (AvgIpc) is 2.49. The average molecular weight is 289 g/mol. The first-order valence-electron chi connectivity index (χ1n) is 8.03. The molecular formula is C17H27N3O. The van der Waals surface area contributed by atoms with Crippen molar-refractivity contribution in [2.75, 3.05) is 31.5 Å². The van der Waals surface area contributed by atoms with E-state index in [0.717, 1.165) is 18.8 Å². The molecule has 21 heavy (non-hydrogen) atoms. The zero-order valence-electron chi connectivity index (χ0n) is 13.0. The Morgan fingerprint density at radius 3 is 2.52 bits per heavy atom. The molecule has 2 N–H and O–H groups in total. The van der Waals surface area contributed by atoms with Crippen molar-refractivity contribution in [3.8, 4) is 0 Å². The summed E-state index contributed by atoms with van der Waals surface area (Å²) in [4.78, 5) is 13.5. The van der Waals surface area contributed by atoms with Crippen LogP contribution in [0.5, 0.6) is 0 Å². The molecule has 1 amide bonds. The third kappa shape index (κ3) is 6.27. The van der Waals surface area contributed by atoms with Gasteiger partial charge in [0.15, 0.2) is 0 Å². The number of amides is 1. The zero-order chi connectivity index (χ0) is 14.9. The predicted octanol–water partition coefficient (Wildman–Crippen LogP) is 2.61. The maximum atomic E-state index is 10.9. The minimum atomic E-state index is -0.0291. The van der Waals surface area contributed by atoms with Gasteiger partial charge >= 0.3 is 0 Å². The van der Waals surface area contributed by atoms with Gasteiger partial charge in [-0.15, -0.1) is 0 Å². The second kappa shape index (κ2) is 8.80. The standard InChI is InChI=1S/C17H27N3O/c1-15(21)19-17-8-6-16(7-9-17)14-18-10-5-13-20-11-3-2-4-12-20/h6-9,18H,2-5,10-14H2,1H3,(H,19,21). The predicted molar refractivity (Wildman–Crippen MR) is 87.4 cm³/mol. The molecule has 116 valence electrons. The molecule has 0 aromatic heterocycles. The lowest BCUT2D eigenvalue weighted by Gasteiger charge is -2.26. The van der Waals surface area contributed by atoms with Gasteiger partial charge in [0.1, 0.15) is 0 Å². The minimum Gasteiger partial charge on any atom is -0.326 e. The van der Waals surface area contributed by atoms with E-state index in [0.29, 0.717) is 0 Å². The van der Waals surface area contributed by atoms with Crippen LogP contribution in [0.25, 0.3) is 0 Å². The van der Waals surface area contributed by atoms with Crippen molar-refractivity contribution in [2.24, 2.45) is 0 Å². The summed E-state index contributed by atoms with van der Waals surface area (Å²) in [6.45, 7) is 7.26. The molecule has 1 aromatic carbocycles. The van der Waals surface area contributed by atoms with E-state index in [1.165, 1.54) is 57.8 Å². The van der Waals surface area contributed by atoms with Gasteiger partial charge in [0.2, 0.25) is 5.91 Å². The van der Waals surface area contributed by atoms with Crippen LogP contribution in [0.2, 0.25) is 0 Å². The van der Waals surface area contributed by atoms with Crippen LogP contribution in [0.15, 0.2) is 24.3 Å². The summed E-state index contributed by atoms with van der Waals surface area (Å²) >= 11 is 0. The molecule has 1 aliphatic rings. The van der Waals surface area contributed by atoms with Crippen molar-refractivity contribution < 1.29 is 4.79 Å². The Hall–Kier alpha value is -1.39. The first-order valence-corrected chi connectivity index (χ1v) is 8.03. The lowest BCUT2D eigenvalue weighted by Crippen LogP contribution is -2.32. The fourth-order valence-electron chi connectivity index (χ4n) is 2.75. The van der Waals surface area contributed by atoms with Gasteiger partial charge in [0, 0.05) is 19.2 Å². The SMILES string of the molecule is CC(=O)Nc1ccc(CNCCCN2CCCCC2)cc1. The van der Waals surface area contributed by atoms with Gasteiger partial charge in [-0.25, -0.2) is 0 Å². The van der Waals surface area contributed by atoms with Crippen molar-refractivity contribution in [2.45, 2.75) is 39.2 Å². The largest absolute Gasteiger partial charge is 0.326 e. The summed E-state index contributed by atoms with van der Waals surface area (Å²) in [5.74, 6) is -0.0291. The van der Waals surface area contributed by atoms with Crippen LogP contribution in [0.3, 0.4) is 0 Å². The van der Waals surface area contributed by atoms with Crippen LogP contribution >= 0.6 is 0 Å². The van der Waals surface area contributed by atoms with Crippen LogP contribution in [0.4, 0.5) is 5.69 Å². The molecule has 4 nitrogen and oxygen atoms in total. The van der Waals surface area contributed by atoms with E-state index in [1.54, 1.807) is 0 Å².